The summed E-state index contributed by atoms with van der Waals surface area (Å²) in [6, 6.07) is 10.6. The van der Waals surface area contributed by atoms with Crippen LogP contribution in [0.3, 0.4) is 0 Å². The number of benzene rings is 1. The summed E-state index contributed by atoms with van der Waals surface area (Å²) in [5, 5.41) is 8.76. The molecule has 2 rings (SSSR count). The highest BCUT2D eigenvalue weighted by Crippen LogP contribution is 2.48. The van der Waals surface area contributed by atoms with Crippen LogP contribution in [-0.4, -0.2) is 6.61 Å². The highest BCUT2D eigenvalue weighted by molar-refractivity contribution is 5.29. The van der Waals surface area contributed by atoms with E-state index in [4.69, 9.17) is 10.00 Å². The van der Waals surface area contributed by atoms with Crippen LogP contribution < -0.4 is 4.74 Å². The summed E-state index contributed by atoms with van der Waals surface area (Å²) in [6.45, 7) is 5.12. The minimum atomic E-state index is 0.157. The maximum absolute atomic E-state index is 8.76. The van der Waals surface area contributed by atoms with Gasteiger partial charge >= 0.3 is 0 Å². The number of ether oxygens (including phenoxy) is 1. The molecule has 96 valence electrons. The molecule has 0 N–H and O–H groups in total. The zero-order valence-electron chi connectivity index (χ0n) is 11.3. The molecule has 0 bridgehead atoms. The topological polar surface area (TPSA) is 33.0 Å². The summed E-state index contributed by atoms with van der Waals surface area (Å²) >= 11 is 0. The van der Waals surface area contributed by atoms with Crippen LogP contribution in [-0.2, 0) is 0 Å². The van der Waals surface area contributed by atoms with Crippen molar-refractivity contribution in [2.24, 2.45) is 5.41 Å². The van der Waals surface area contributed by atoms with E-state index in [0.29, 0.717) is 18.9 Å². The Balaban J connectivity index is 1.89. The molecule has 1 aliphatic carbocycles. The molecule has 1 aliphatic rings. The first-order valence-electron chi connectivity index (χ1n) is 6.79. The Labute approximate surface area is 110 Å². The second-order valence-corrected chi connectivity index (χ2v) is 5.50. The molecule has 1 aromatic carbocycles. The Morgan fingerprint density at radius 3 is 2.50 bits per heavy atom. The maximum atomic E-state index is 8.76. The minimum absolute atomic E-state index is 0.157. The molecule has 0 aliphatic heterocycles. The lowest BCUT2D eigenvalue weighted by Gasteiger charge is -2.14. The fourth-order valence-electron chi connectivity index (χ4n) is 2.08. The van der Waals surface area contributed by atoms with Gasteiger partial charge in [-0.15, -0.1) is 0 Å². The van der Waals surface area contributed by atoms with E-state index in [0.717, 1.165) is 25.0 Å². The quantitative estimate of drug-likeness (QED) is 0.747. The first-order chi connectivity index (χ1) is 8.69. The average molecular weight is 243 g/mol. The van der Waals surface area contributed by atoms with Gasteiger partial charge in [-0.05, 0) is 42.9 Å². The Bertz CT molecular complexity index is 425. The summed E-state index contributed by atoms with van der Waals surface area (Å²) in [4.78, 5) is 0. The van der Waals surface area contributed by atoms with Gasteiger partial charge in [0.1, 0.15) is 5.75 Å². The monoisotopic (exact) mass is 243 g/mol. The van der Waals surface area contributed by atoms with Gasteiger partial charge in [-0.25, -0.2) is 0 Å². The molecule has 0 amide bonds. The zero-order chi connectivity index (χ0) is 13.0. The smallest absolute Gasteiger partial charge is 0.119 e. The minimum Gasteiger partial charge on any atom is -0.493 e. The summed E-state index contributed by atoms with van der Waals surface area (Å²) in [5.41, 5.74) is 1.52. The second kappa shape index (κ2) is 5.44. The van der Waals surface area contributed by atoms with E-state index in [9.17, 15) is 0 Å². The molecule has 1 atom stereocenters. The third-order valence-electron chi connectivity index (χ3n) is 4.02. The van der Waals surface area contributed by atoms with Crippen LogP contribution in [0.15, 0.2) is 24.3 Å². The lowest BCUT2D eigenvalue weighted by atomic mass is 9.99. The van der Waals surface area contributed by atoms with Crippen LogP contribution in [0.1, 0.15) is 51.0 Å². The van der Waals surface area contributed by atoms with E-state index in [2.05, 4.69) is 32.0 Å². The summed E-state index contributed by atoms with van der Waals surface area (Å²) in [6.07, 6.45) is 4.04. The van der Waals surface area contributed by atoms with Gasteiger partial charge in [0.25, 0.3) is 0 Å². The SMILES string of the molecule is CCC(C)c1ccc(OCC2(CC#N)CC2)cc1. The Hall–Kier alpha value is -1.49. The Morgan fingerprint density at radius 1 is 1.33 bits per heavy atom. The van der Waals surface area contributed by atoms with Crippen LogP contribution in [0.5, 0.6) is 5.75 Å². The Morgan fingerprint density at radius 2 is 2.00 bits per heavy atom. The van der Waals surface area contributed by atoms with Crippen molar-refractivity contribution < 1.29 is 4.74 Å². The fourth-order valence-corrected chi connectivity index (χ4v) is 2.08. The summed E-state index contributed by atoms with van der Waals surface area (Å²) in [7, 11) is 0. The van der Waals surface area contributed by atoms with Crippen LogP contribution >= 0.6 is 0 Å². The standard InChI is InChI=1S/C16H21NO/c1-3-13(2)14-4-6-15(7-5-14)18-12-16(8-9-16)10-11-17/h4-7,13H,3,8-10,12H2,1-2H3. The number of rotatable bonds is 6. The molecule has 1 unspecified atom stereocenters. The van der Waals surface area contributed by atoms with Crippen molar-refractivity contribution in [3.8, 4) is 11.8 Å². The molecule has 1 saturated carbocycles. The van der Waals surface area contributed by atoms with Crippen LogP contribution in [0.2, 0.25) is 0 Å². The van der Waals surface area contributed by atoms with Crippen molar-refractivity contribution in [3.05, 3.63) is 29.8 Å². The molecule has 0 saturated heterocycles. The largest absolute Gasteiger partial charge is 0.493 e. The first-order valence-corrected chi connectivity index (χ1v) is 6.79. The van der Waals surface area contributed by atoms with E-state index < -0.39 is 0 Å². The molecule has 0 aromatic heterocycles. The van der Waals surface area contributed by atoms with Crippen molar-refractivity contribution in [2.45, 2.75) is 45.4 Å². The molecule has 0 spiro atoms. The van der Waals surface area contributed by atoms with Crippen LogP contribution in [0, 0.1) is 16.7 Å². The normalized spacial score (nSPS) is 17.8. The van der Waals surface area contributed by atoms with Crippen molar-refractivity contribution >= 4 is 0 Å². The average Bonchev–Trinajstić information content (AvgIpc) is 3.17. The number of nitrogens with zero attached hydrogens (tertiary/aromatic N) is 1. The van der Waals surface area contributed by atoms with E-state index in [-0.39, 0.29) is 5.41 Å². The van der Waals surface area contributed by atoms with E-state index >= 15 is 0 Å². The third kappa shape index (κ3) is 3.04. The van der Waals surface area contributed by atoms with Gasteiger partial charge in [0.15, 0.2) is 0 Å². The van der Waals surface area contributed by atoms with E-state index in [1.54, 1.807) is 0 Å². The highest BCUT2D eigenvalue weighted by atomic mass is 16.5. The van der Waals surface area contributed by atoms with E-state index in [1.165, 1.54) is 5.56 Å². The second-order valence-electron chi connectivity index (χ2n) is 5.50. The lowest BCUT2D eigenvalue weighted by molar-refractivity contribution is 0.237. The first kappa shape index (κ1) is 13.0. The number of hydrogen-bond donors (Lipinski definition) is 0. The van der Waals surface area contributed by atoms with Crippen molar-refractivity contribution in [2.75, 3.05) is 6.61 Å². The van der Waals surface area contributed by atoms with Gasteiger partial charge in [-0.3, -0.25) is 0 Å². The van der Waals surface area contributed by atoms with Crippen LogP contribution in [0.25, 0.3) is 0 Å². The van der Waals surface area contributed by atoms with Gasteiger partial charge in [0.05, 0.1) is 12.7 Å². The maximum Gasteiger partial charge on any atom is 0.119 e. The molecular formula is C16H21NO. The molecule has 2 nitrogen and oxygen atoms in total. The molecular weight excluding hydrogens is 222 g/mol. The highest BCUT2D eigenvalue weighted by Gasteiger charge is 2.43. The van der Waals surface area contributed by atoms with Crippen molar-refractivity contribution in [1.82, 2.24) is 0 Å². The molecule has 1 aromatic rings. The molecule has 2 heteroatoms. The molecule has 0 heterocycles. The lowest BCUT2D eigenvalue weighted by Crippen LogP contribution is -2.12. The predicted molar refractivity (Wildman–Crippen MR) is 72.5 cm³/mol. The molecule has 0 radical (unpaired) electrons. The van der Waals surface area contributed by atoms with Crippen molar-refractivity contribution in [3.63, 3.8) is 0 Å². The number of nitriles is 1. The third-order valence-corrected chi connectivity index (χ3v) is 4.02. The summed E-state index contributed by atoms with van der Waals surface area (Å²) < 4.78 is 5.80. The predicted octanol–water partition coefficient (Wildman–Crippen LogP) is 4.27. The van der Waals surface area contributed by atoms with Crippen molar-refractivity contribution in [1.29, 1.82) is 5.26 Å². The van der Waals surface area contributed by atoms with Crippen LogP contribution in [0.4, 0.5) is 0 Å². The summed E-state index contributed by atoms with van der Waals surface area (Å²) in [5.74, 6) is 1.53. The van der Waals surface area contributed by atoms with E-state index in [1.807, 2.05) is 12.1 Å². The number of hydrogen-bond acceptors (Lipinski definition) is 2. The zero-order valence-corrected chi connectivity index (χ0v) is 11.3. The van der Waals surface area contributed by atoms with Gasteiger partial charge < -0.3 is 4.74 Å². The fraction of sp³-hybridized carbons (Fsp3) is 0.562. The van der Waals surface area contributed by atoms with Gasteiger partial charge in [0, 0.05) is 11.8 Å². The van der Waals surface area contributed by atoms with Gasteiger partial charge in [-0.1, -0.05) is 26.0 Å². The van der Waals surface area contributed by atoms with Gasteiger partial charge in [0.2, 0.25) is 0 Å². The Kier molecular flexibility index (Phi) is 3.91. The molecule has 18 heavy (non-hydrogen) atoms. The molecule has 1 fully saturated rings. The van der Waals surface area contributed by atoms with Gasteiger partial charge in [-0.2, -0.15) is 5.26 Å².